The summed E-state index contributed by atoms with van der Waals surface area (Å²) in [4.78, 5) is 0. The van der Waals surface area contributed by atoms with E-state index in [2.05, 4.69) is 60.6 Å². The molecule has 1 aromatic heterocycles. The van der Waals surface area contributed by atoms with Gasteiger partial charge in [-0.15, -0.1) is 0 Å². The van der Waals surface area contributed by atoms with Gasteiger partial charge in [0.05, 0.1) is 5.56 Å². The van der Waals surface area contributed by atoms with E-state index >= 15 is 0 Å². The number of aryl methyl sites for hydroxylation is 1. The molecule has 0 N–H and O–H groups in total. The molecule has 0 saturated heterocycles. The topological polar surface area (TPSA) is 26.0 Å². The van der Waals surface area contributed by atoms with E-state index in [1.165, 1.54) is 27.8 Å². The highest BCUT2D eigenvalue weighted by atomic mass is 16.5. The molecule has 2 nitrogen and oxygen atoms in total. The average Bonchev–Trinajstić information content (AvgIpc) is 2.86. The maximum Gasteiger partial charge on any atom is 0.144 e. The summed E-state index contributed by atoms with van der Waals surface area (Å²) in [5.41, 5.74) is 7.28. The lowest BCUT2D eigenvalue weighted by Gasteiger charge is -2.06. The predicted octanol–water partition coefficient (Wildman–Crippen LogP) is 4.48. The molecule has 2 aromatic carbocycles. The van der Waals surface area contributed by atoms with E-state index in [4.69, 9.17) is 4.52 Å². The third-order valence-electron chi connectivity index (χ3n) is 4.02. The van der Waals surface area contributed by atoms with Crippen LogP contribution < -0.4 is 0 Å². The molecule has 3 aromatic rings. The summed E-state index contributed by atoms with van der Waals surface area (Å²) in [5.74, 6) is 0.976. The van der Waals surface area contributed by atoms with Crippen molar-refractivity contribution >= 4 is 0 Å². The van der Waals surface area contributed by atoms with Crippen LogP contribution in [0.3, 0.4) is 0 Å². The van der Waals surface area contributed by atoms with Crippen molar-refractivity contribution < 1.29 is 4.52 Å². The number of rotatable bonds is 1. The molecule has 0 bridgehead atoms. The number of fused-ring (bicyclic) bond motifs is 5. The van der Waals surface area contributed by atoms with Gasteiger partial charge in [-0.2, -0.15) is 0 Å². The van der Waals surface area contributed by atoms with Crippen molar-refractivity contribution in [3.63, 3.8) is 0 Å². The monoisotopic (exact) mass is 261 g/mol. The fourth-order valence-electron chi connectivity index (χ4n) is 3.06. The molecule has 0 saturated carbocycles. The molecular formula is C18H15NO. The highest BCUT2D eigenvalue weighted by Gasteiger charge is 2.25. The van der Waals surface area contributed by atoms with E-state index < -0.39 is 0 Å². The molecule has 2 heteroatoms. The zero-order chi connectivity index (χ0) is 13.5. The van der Waals surface area contributed by atoms with Gasteiger partial charge >= 0.3 is 0 Å². The van der Waals surface area contributed by atoms with Gasteiger partial charge in [-0.1, -0.05) is 60.6 Å². The lowest BCUT2D eigenvalue weighted by molar-refractivity contribution is 0.389. The molecule has 0 atom stereocenters. The second-order valence-corrected chi connectivity index (χ2v) is 5.17. The Morgan fingerprint density at radius 1 is 0.950 bits per heavy atom. The minimum Gasteiger partial charge on any atom is -0.360 e. The Hall–Kier alpha value is -2.35. The Kier molecular flexibility index (Phi) is 2.49. The number of aromatic nitrogens is 1. The predicted molar refractivity (Wildman–Crippen MR) is 79.6 cm³/mol. The van der Waals surface area contributed by atoms with Crippen LogP contribution in [-0.2, 0) is 12.8 Å². The highest BCUT2D eigenvalue weighted by molar-refractivity contribution is 5.87. The fourth-order valence-corrected chi connectivity index (χ4v) is 3.06. The molecule has 20 heavy (non-hydrogen) atoms. The smallest absolute Gasteiger partial charge is 0.144 e. The summed E-state index contributed by atoms with van der Waals surface area (Å²) in [7, 11) is 0. The normalized spacial score (nSPS) is 12.2. The second-order valence-electron chi connectivity index (χ2n) is 5.17. The lowest BCUT2D eigenvalue weighted by atomic mass is 9.97. The number of hydrogen-bond acceptors (Lipinski definition) is 2. The number of nitrogens with zero attached hydrogens (tertiary/aromatic N) is 1. The molecular weight excluding hydrogens is 246 g/mol. The van der Waals surface area contributed by atoms with Crippen molar-refractivity contribution in [3.05, 3.63) is 65.4 Å². The van der Waals surface area contributed by atoms with E-state index in [0.717, 1.165) is 24.3 Å². The number of benzene rings is 2. The molecule has 0 spiro atoms. The van der Waals surface area contributed by atoms with Gasteiger partial charge in [-0.3, -0.25) is 0 Å². The van der Waals surface area contributed by atoms with Crippen LogP contribution in [0.1, 0.15) is 23.8 Å². The Bertz CT molecular complexity index is 786. The molecule has 0 amide bonds. The van der Waals surface area contributed by atoms with E-state index in [9.17, 15) is 0 Å². The van der Waals surface area contributed by atoms with Gasteiger partial charge in [-0.05, 0) is 23.1 Å². The van der Waals surface area contributed by atoms with Crippen molar-refractivity contribution in [1.82, 2.24) is 5.16 Å². The largest absolute Gasteiger partial charge is 0.360 e. The van der Waals surface area contributed by atoms with E-state index in [0.29, 0.717) is 0 Å². The molecule has 98 valence electrons. The zero-order valence-electron chi connectivity index (χ0n) is 11.4. The van der Waals surface area contributed by atoms with Gasteiger partial charge < -0.3 is 4.52 Å². The Morgan fingerprint density at radius 2 is 1.60 bits per heavy atom. The summed E-state index contributed by atoms with van der Waals surface area (Å²) in [6, 6.07) is 17.1. The molecule has 0 aliphatic heterocycles. The summed E-state index contributed by atoms with van der Waals surface area (Å²) in [6.07, 6.45) is 1.81. The maximum absolute atomic E-state index is 5.59. The first-order valence-electron chi connectivity index (χ1n) is 7.03. The first-order chi connectivity index (χ1) is 9.88. The standard InChI is InChI=1S/C18H15NO/c1-2-16-17-14-9-5-3-7-12(14)11-13-8-4-6-10-15(13)18(17)19-20-16/h3-10H,2,11H2,1H3. The number of hydrogen-bond donors (Lipinski definition) is 0. The first-order valence-corrected chi connectivity index (χ1v) is 7.03. The Morgan fingerprint density at radius 3 is 2.35 bits per heavy atom. The SMILES string of the molecule is CCc1onc2c1-c1ccccc1Cc1ccccc1-2. The van der Waals surface area contributed by atoms with Crippen LogP contribution in [0.5, 0.6) is 0 Å². The minimum atomic E-state index is 0.860. The molecule has 4 rings (SSSR count). The van der Waals surface area contributed by atoms with Gasteiger partial charge in [-0.25, -0.2) is 0 Å². The summed E-state index contributed by atoms with van der Waals surface area (Å²) < 4.78 is 5.59. The Balaban J connectivity index is 2.12. The molecule has 1 heterocycles. The van der Waals surface area contributed by atoms with Crippen LogP contribution in [-0.4, -0.2) is 5.16 Å². The average molecular weight is 261 g/mol. The lowest BCUT2D eigenvalue weighted by Crippen LogP contribution is -1.90. The molecule has 0 unspecified atom stereocenters. The van der Waals surface area contributed by atoms with Gasteiger partial charge in [0.15, 0.2) is 0 Å². The summed E-state index contributed by atoms with van der Waals surface area (Å²) >= 11 is 0. The molecule has 1 aliphatic rings. The Labute approximate surface area is 118 Å². The van der Waals surface area contributed by atoms with Crippen LogP contribution in [0.2, 0.25) is 0 Å². The van der Waals surface area contributed by atoms with Crippen LogP contribution in [0.15, 0.2) is 53.1 Å². The third kappa shape index (κ3) is 1.54. The summed E-state index contributed by atoms with van der Waals surface area (Å²) in [5, 5.41) is 4.35. The quantitative estimate of drug-likeness (QED) is 0.505. The molecule has 0 fully saturated rings. The van der Waals surface area contributed by atoms with Crippen molar-refractivity contribution in [2.45, 2.75) is 19.8 Å². The maximum atomic E-state index is 5.59. The van der Waals surface area contributed by atoms with Crippen molar-refractivity contribution in [2.75, 3.05) is 0 Å². The zero-order valence-corrected chi connectivity index (χ0v) is 11.4. The van der Waals surface area contributed by atoms with E-state index in [1.807, 2.05) is 0 Å². The van der Waals surface area contributed by atoms with Crippen LogP contribution in [0.4, 0.5) is 0 Å². The van der Waals surface area contributed by atoms with Gasteiger partial charge in [0, 0.05) is 12.0 Å². The third-order valence-corrected chi connectivity index (χ3v) is 4.02. The van der Waals surface area contributed by atoms with Crippen LogP contribution >= 0.6 is 0 Å². The highest BCUT2D eigenvalue weighted by Crippen LogP contribution is 2.41. The van der Waals surface area contributed by atoms with Gasteiger partial charge in [0.1, 0.15) is 11.5 Å². The van der Waals surface area contributed by atoms with Crippen LogP contribution in [0.25, 0.3) is 22.4 Å². The summed E-state index contributed by atoms with van der Waals surface area (Å²) in [6.45, 7) is 2.11. The van der Waals surface area contributed by atoms with Crippen molar-refractivity contribution in [3.8, 4) is 22.4 Å². The molecule has 1 aliphatic carbocycles. The minimum absolute atomic E-state index is 0.860. The fraction of sp³-hybridized carbons (Fsp3) is 0.167. The van der Waals surface area contributed by atoms with E-state index in [1.54, 1.807) is 0 Å². The second kappa shape index (κ2) is 4.34. The van der Waals surface area contributed by atoms with Crippen LogP contribution in [0, 0.1) is 0 Å². The van der Waals surface area contributed by atoms with E-state index in [-0.39, 0.29) is 0 Å². The molecule has 0 radical (unpaired) electrons. The van der Waals surface area contributed by atoms with Crippen molar-refractivity contribution in [1.29, 1.82) is 0 Å². The van der Waals surface area contributed by atoms with Gasteiger partial charge in [0.2, 0.25) is 0 Å². The van der Waals surface area contributed by atoms with Gasteiger partial charge in [0.25, 0.3) is 0 Å². The first kappa shape index (κ1) is 11.5. The van der Waals surface area contributed by atoms with Crippen molar-refractivity contribution in [2.24, 2.45) is 0 Å².